The van der Waals surface area contributed by atoms with E-state index in [1.807, 2.05) is 30.1 Å². The average Bonchev–Trinajstić information content (AvgIpc) is 2.58. The number of para-hydroxylation sites is 1. The highest BCUT2D eigenvalue weighted by atomic mass is 32.1. The summed E-state index contributed by atoms with van der Waals surface area (Å²) in [5.74, 6) is 0. The first-order valence-electron chi connectivity index (χ1n) is 5.25. The summed E-state index contributed by atoms with van der Waals surface area (Å²) >= 11 is 1.65. The molecule has 0 bridgehead atoms. The monoisotopic (exact) mass is 236 g/mol. The lowest BCUT2D eigenvalue weighted by Gasteiger charge is -2.24. The molecule has 1 aromatic carbocycles. The van der Waals surface area contributed by atoms with E-state index in [0.29, 0.717) is 6.54 Å². The van der Waals surface area contributed by atoms with E-state index in [0.717, 1.165) is 10.6 Å². The summed E-state index contributed by atoms with van der Waals surface area (Å²) < 4.78 is 1.18. The van der Waals surface area contributed by atoms with Crippen LogP contribution >= 0.6 is 11.3 Å². The molecule has 2 aromatic rings. The molecule has 0 aliphatic heterocycles. The number of benzene rings is 1. The molecule has 0 saturated heterocycles. The first-order chi connectivity index (χ1) is 7.46. The quantitative estimate of drug-likeness (QED) is 0.889. The van der Waals surface area contributed by atoms with Crippen LogP contribution in [0.4, 0.5) is 5.13 Å². The van der Waals surface area contributed by atoms with Crippen LogP contribution in [0.15, 0.2) is 24.3 Å². The van der Waals surface area contributed by atoms with Gasteiger partial charge in [0.2, 0.25) is 0 Å². The highest BCUT2D eigenvalue weighted by molar-refractivity contribution is 7.22. The molecule has 0 fully saturated rings. The molecule has 16 heavy (non-hydrogen) atoms. The van der Waals surface area contributed by atoms with E-state index in [9.17, 15) is 5.11 Å². The van der Waals surface area contributed by atoms with Crippen molar-refractivity contribution in [2.24, 2.45) is 0 Å². The van der Waals surface area contributed by atoms with Crippen LogP contribution in [0.1, 0.15) is 13.8 Å². The molecule has 0 spiro atoms. The molecule has 0 aliphatic rings. The predicted octanol–water partition coefficient (Wildman–Crippen LogP) is 2.50. The minimum absolute atomic E-state index is 0.576. The van der Waals surface area contributed by atoms with E-state index >= 15 is 0 Å². The highest BCUT2D eigenvalue weighted by Crippen LogP contribution is 2.28. The number of hydrogen-bond acceptors (Lipinski definition) is 4. The fraction of sp³-hybridized carbons (Fsp3) is 0.417. The molecule has 0 amide bonds. The average molecular weight is 236 g/mol. The van der Waals surface area contributed by atoms with Crippen LogP contribution in [0.2, 0.25) is 0 Å². The Hall–Kier alpha value is -1.13. The molecule has 1 heterocycles. The number of aromatic nitrogens is 1. The van der Waals surface area contributed by atoms with Crippen molar-refractivity contribution in [3.63, 3.8) is 0 Å². The van der Waals surface area contributed by atoms with E-state index in [2.05, 4.69) is 11.1 Å². The molecule has 0 unspecified atom stereocenters. The van der Waals surface area contributed by atoms with Crippen molar-refractivity contribution in [2.45, 2.75) is 19.4 Å². The van der Waals surface area contributed by atoms with Gasteiger partial charge in [0, 0.05) is 13.6 Å². The third-order valence-corrected chi connectivity index (χ3v) is 3.38. The molecule has 4 heteroatoms. The lowest BCUT2D eigenvalue weighted by molar-refractivity contribution is 0.0886. The van der Waals surface area contributed by atoms with Gasteiger partial charge in [0.15, 0.2) is 5.13 Å². The Kier molecular flexibility index (Phi) is 2.86. The number of nitrogens with zero attached hydrogens (tertiary/aromatic N) is 2. The Bertz CT molecular complexity index is 454. The maximum absolute atomic E-state index is 9.76. The number of rotatable bonds is 3. The number of aliphatic hydroxyl groups is 1. The summed E-state index contributed by atoms with van der Waals surface area (Å²) in [5.41, 5.74) is 0.317. The van der Waals surface area contributed by atoms with Crippen molar-refractivity contribution in [1.29, 1.82) is 0 Å². The van der Waals surface area contributed by atoms with Gasteiger partial charge in [-0.15, -0.1) is 0 Å². The summed E-state index contributed by atoms with van der Waals surface area (Å²) in [4.78, 5) is 6.52. The van der Waals surface area contributed by atoms with Crippen molar-refractivity contribution < 1.29 is 5.11 Å². The fourth-order valence-electron chi connectivity index (χ4n) is 1.67. The van der Waals surface area contributed by atoms with Crippen LogP contribution in [-0.4, -0.2) is 29.3 Å². The van der Waals surface area contributed by atoms with Crippen LogP contribution in [0.5, 0.6) is 0 Å². The molecule has 2 rings (SSSR count). The van der Waals surface area contributed by atoms with E-state index < -0.39 is 5.60 Å². The predicted molar refractivity (Wildman–Crippen MR) is 69.2 cm³/mol. The van der Waals surface area contributed by atoms with Gasteiger partial charge in [-0.05, 0) is 26.0 Å². The summed E-state index contributed by atoms with van der Waals surface area (Å²) in [5, 5.41) is 10.7. The van der Waals surface area contributed by atoms with Gasteiger partial charge in [-0.2, -0.15) is 0 Å². The topological polar surface area (TPSA) is 36.4 Å². The zero-order chi connectivity index (χ0) is 11.8. The summed E-state index contributed by atoms with van der Waals surface area (Å²) in [7, 11) is 1.95. The number of hydrogen-bond donors (Lipinski definition) is 1. The molecular weight excluding hydrogens is 220 g/mol. The fourth-order valence-corrected chi connectivity index (χ4v) is 2.60. The van der Waals surface area contributed by atoms with Crippen LogP contribution < -0.4 is 4.90 Å². The molecule has 0 atom stereocenters. The smallest absolute Gasteiger partial charge is 0.186 e. The molecule has 3 nitrogen and oxygen atoms in total. The van der Waals surface area contributed by atoms with Crippen molar-refractivity contribution in [2.75, 3.05) is 18.5 Å². The number of thiazole rings is 1. The first kappa shape index (κ1) is 11.4. The van der Waals surface area contributed by atoms with Gasteiger partial charge in [0.25, 0.3) is 0 Å². The van der Waals surface area contributed by atoms with Crippen LogP contribution in [0, 0.1) is 0 Å². The Morgan fingerprint density at radius 2 is 2.06 bits per heavy atom. The normalized spacial score (nSPS) is 12.0. The zero-order valence-corrected chi connectivity index (χ0v) is 10.6. The lowest BCUT2D eigenvalue weighted by Crippen LogP contribution is -2.36. The van der Waals surface area contributed by atoms with Gasteiger partial charge in [-0.3, -0.25) is 0 Å². The minimum Gasteiger partial charge on any atom is -0.389 e. The van der Waals surface area contributed by atoms with Gasteiger partial charge in [-0.1, -0.05) is 23.5 Å². The van der Waals surface area contributed by atoms with Gasteiger partial charge >= 0.3 is 0 Å². The van der Waals surface area contributed by atoms with E-state index in [4.69, 9.17) is 0 Å². The third-order valence-electron chi connectivity index (χ3n) is 2.23. The Labute approximate surface area is 99.4 Å². The van der Waals surface area contributed by atoms with Crippen molar-refractivity contribution in [1.82, 2.24) is 4.98 Å². The van der Waals surface area contributed by atoms with E-state index in [1.54, 1.807) is 25.2 Å². The number of likely N-dealkylation sites (N-methyl/N-ethyl adjacent to an activating group) is 1. The zero-order valence-electron chi connectivity index (χ0n) is 9.77. The van der Waals surface area contributed by atoms with Gasteiger partial charge in [-0.25, -0.2) is 4.98 Å². The second kappa shape index (κ2) is 4.03. The minimum atomic E-state index is -0.702. The summed E-state index contributed by atoms with van der Waals surface area (Å²) in [6.07, 6.45) is 0. The second-order valence-electron chi connectivity index (χ2n) is 4.63. The molecule has 0 radical (unpaired) electrons. The summed E-state index contributed by atoms with van der Waals surface area (Å²) in [6, 6.07) is 8.07. The van der Waals surface area contributed by atoms with Gasteiger partial charge in [0.1, 0.15) is 0 Å². The van der Waals surface area contributed by atoms with Crippen molar-refractivity contribution in [3.05, 3.63) is 24.3 Å². The van der Waals surface area contributed by atoms with Crippen LogP contribution in [0.3, 0.4) is 0 Å². The highest BCUT2D eigenvalue weighted by Gasteiger charge is 2.17. The standard InChI is InChI=1S/C12H16N2OS/c1-12(2,15)8-14(3)11-13-9-6-4-5-7-10(9)16-11/h4-7,15H,8H2,1-3H3. The van der Waals surface area contributed by atoms with Gasteiger partial charge < -0.3 is 10.0 Å². The number of anilines is 1. The van der Waals surface area contributed by atoms with E-state index in [1.165, 1.54) is 4.70 Å². The first-order valence-corrected chi connectivity index (χ1v) is 6.06. The van der Waals surface area contributed by atoms with Crippen molar-refractivity contribution in [3.8, 4) is 0 Å². The Morgan fingerprint density at radius 3 is 2.69 bits per heavy atom. The maximum atomic E-state index is 9.76. The van der Waals surface area contributed by atoms with Crippen LogP contribution in [0.25, 0.3) is 10.2 Å². The molecular formula is C12H16N2OS. The summed E-state index contributed by atoms with van der Waals surface area (Å²) in [6.45, 7) is 4.18. The Balaban J connectivity index is 2.26. The molecule has 86 valence electrons. The largest absolute Gasteiger partial charge is 0.389 e. The SMILES string of the molecule is CN(CC(C)(C)O)c1nc2ccccc2s1. The maximum Gasteiger partial charge on any atom is 0.186 e. The van der Waals surface area contributed by atoms with Crippen LogP contribution in [-0.2, 0) is 0 Å². The number of fused-ring (bicyclic) bond motifs is 1. The molecule has 0 aliphatic carbocycles. The van der Waals surface area contributed by atoms with Crippen molar-refractivity contribution >= 4 is 26.7 Å². The second-order valence-corrected chi connectivity index (χ2v) is 5.64. The molecule has 0 saturated carbocycles. The Morgan fingerprint density at radius 1 is 1.38 bits per heavy atom. The molecule has 1 N–H and O–H groups in total. The molecule has 1 aromatic heterocycles. The lowest BCUT2D eigenvalue weighted by atomic mass is 10.1. The third kappa shape index (κ3) is 2.51. The van der Waals surface area contributed by atoms with E-state index in [-0.39, 0.29) is 0 Å². The van der Waals surface area contributed by atoms with Gasteiger partial charge in [0.05, 0.1) is 15.8 Å².